The molecule has 8 aromatic rings. The number of rotatable bonds is 6. The molecular formula is C60H55BN7. The summed E-state index contributed by atoms with van der Waals surface area (Å²) < 4.78 is 0. The highest BCUT2D eigenvalue weighted by Crippen LogP contribution is 2.45. The van der Waals surface area contributed by atoms with Crippen LogP contribution in [-0.2, 0) is 0 Å². The maximum Gasteiger partial charge on any atom is 0.193 e. The Labute approximate surface area is 401 Å². The van der Waals surface area contributed by atoms with Crippen LogP contribution in [0.2, 0.25) is 0 Å². The predicted molar refractivity (Wildman–Crippen MR) is 286 cm³/mol. The van der Waals surface area contributed by atoms with Crippen LogP contribution in [0.25, 0.3) is 44.5 Å². The lowest BCUT2D eigenvalue weighted by Crippen LogP contribution is -2.53. The molecule has 0 unspecified atom stereocenters. The molecular weight excluding hydrogens is 830 g/mol. The van der Waals surface area contributed by atoms with E-state index in [4.69, 9.17) is 20.0 Å². The number of aromatic nitrogens is 2. The van der Waals surface area contributed by atoms with Crippen LogP contribution in [0, 0.1) is 0 Å². The third kappa shape index (κ3) is 7.13. The normalized spacial score (nSPS) is 17.1. The SMILES string of the molecule is CC1(C)N=C(c2ccc(-c3ccc4c(c3)-c3ccccc3[B]c3ccccc3-c3cc(-c5ccc(C6=NC(C)(C)C(C)(C)N6c6ccccc6)nc5)ccc3N4)cn2)N(c2ccccc2)C1(C)C. The Hall–Kier alpha value is -7.58. The summed E-state index contributed by atoms with van der Waals surface area (Å²) in [6.45, 7) is 17.9. The van der Waals surface area contributed by atoms with Gasteiger partial charge in [0.05, 0.1) is 22.2 Å². The number of para-hydroxylation sites is 2. The third-order valence-corrected chi connectivity index (χ3v) is 15.1. The number of pyridine rings is 2. The lowest BCUT2D eigenvalue weighted by atomic mass is 9.59. The van der Waals surface area contributed by atoms with Gasteiger partial charge in [-0.2, -0.15) is 0 Å². The summed E-state index contributed by atoms with van der Waals surface area (Å²) in [5, 5.41) is 3.93. The summed E-state index contributed by atoms with van der Waals surface area (Å²) in [5.41, 5.74) is 15.8. The Morgan fingerprint density at radius 3 is 1.18 bits per heavy atom. The van der Waals surface area contributed by atoms with Crippen molar-refractivity contribution >= 4 is 52.6 Å². The molecule has 5 heterocycles. The monoisotopic (exact) mass is 884 g/mol. The van der Waals surface area contributed by atoms with E-state index in [1.807, 2.05) is 12.4 Å². The smallest absolute Gasteiger partial charge is 0.193 e. The molecule has 0 bridgehead atoms. The molecule has 0 fully saturated rings. The summed E-state index contributed by atoms with van der Waals surface area (Å²) in [4.78, 5) is 25.4. The van der Waals surface area contributed by atoms with Gasteiger partial charge in [-0.1, -0.05) is 120 Å². The van der Waals surface area contributed by atoms with Crippen LogP contribution >= 0.6 is 0 Å². The van der Waals surface area contributed by atoms with E-state index in [9.17, 15) is 0 Å². The van der Waals surface area contributed by atoms with Gasteiger partial charge < -0.3 is 15.1 Å². The fourth-order valence-corrected chi connectivity index (χ4v) is 9.92. The highest BCUT2D eigenvalue weighted by atomic mass is 15.4. The number of nitrogens with one attached hydrogen (secondary N) is 1. The zero-order valence-corrected chi connectivity index (χ0v) is 40.1. The predicted octanol–water partition coefficient (Wildman–Crippen LogP) is 12.5. The maximum absolute atomic E-state index is 5.28. The number of aliphatic imine (C=N–C) groups is 2. The molecule has 3 aliphatic rings. The van der Waals surface area contributed by atoms with Crippen LogP contribution in [0.4, 0.5) is 22.7 Å². The van der Waals surface area contributed by atoms with Crippen LogP contribution in [0.5, 0.6) is 0 Å². The minimum Gasteiger partial charge on any atom is -0.355 e. The van der Waals surface area contributed by atoms with E-state index in [0.29, 0.717) is 0 Å². The second-order valence-electron chi connectivity index (χ2n) is 20.3. The topological polar surface area (TPSA) is 69.0 Å². The van der Waals surface area contributed by atoms with Crippen molar-refractivity contribution in [3.05, 3.63) is 194 Å². The summed E-state index contributed by atoms with van der Waals surface area (Å²) in [6.07, 6.45) is 3.98. The fraction of sp³-hybridized carbons (Fsp3) is 0.200. The van der Waals surface area contributed by atoms with E-state index >= 15 is 0 Å². The van der Waals surface area contributed by atoms with Crippen LogP contribution in [0.15, 0.2) is 192 Å². The average molecular weight is 885 g/mol. The Bertz CT molecular complexity index is 3060. The number of anilines is 4. The zero-order chi connectivity index (χ0) is 47.0. The van der Waals surface area contributed by atoms with E-state index in [1.54, 1.807) is 0 Å². The molecule has 0 aliphatic carbocycles. The first kappa shape index (κ1) is 43.0. The highest BCUT2D eigenvalue weighted by molar-refractivity contribution is 6.70. The second kappa shape index (κ2) is 16.0. The standard InChI is InChI=1S/C60H55BN7/c1-57(2)59(5,6)67(43-19-11-9-12-20-43)55(65-57)53-33-29-41(37-62-53)39-27-31-51-47(35-39)45-23-15-17-25-49(45)61-50-26-18-16-24-46(50)48-36-40(28-32-52(48)64-51)42-30-34-54(63-38-42)56-66-58(3,4)60(7,8)68(56)44-21-13-10-14-22-44/h9-38,64H,1-8H3. The lowest BCUT2D eigenvalue weighted by Gasteiger charge is -2.41. The van der Waals surface area contributed by atoms with Crippen LogP contribution < -0.4 is 26.0 Å². The molecule has 1 N–H and O–H groups in total. The van der Waals surface area contributed by atoms with E-state index in [-0.39, 0.29) is 22.2 Å². The lowest BCUT2D eigenvalue weighted by molar-refractivity contribution is 0.338. The molecule has 3 aliphatic heterocycles. The molecule has 0 amide bonds. The quantitative estimate of drug-likeness (QED) is 0.169. The first-order chi connectivity index (χ1) is 32.7. The molecule has 68 heavy (non-hydrogen) atoms. The largest absolute Gasteiger partial charge is 0.355 e. The summed E-state index contributed by atoms with van der Waals surface area (Å²) in [5.74, 6) is 1.77. The van der Waals surface area contributed by atoms with Crippen LogP contribution in [-0.4, -0.2) is 51.1 Å². The van der Waals surface area contributed by atoms with Crippen molar-refractivity contribution < 1.29 is 0 Å². The maximum atomic E-state index is 5.28. The van der Waals surface area contributed by atoms with Gasteiger partial charge in [0.15, 0.2) is 19.0 Å². The minimum atomic E-state index is -0.320. The highest BCUT2D eigenvalue weighted by Gasteiger charge is 2.51. The molecule has 11 rings (SSSR count). The number of benzene rings is 6. The molecule has 7 nitrogen and oxygen atoms in total. The number of hydrogen-bond acceptors (Lipinski definition) is 7. The van der Waals surface area contributed by atoms with Gasteiger partial charge in [-0.3, -0.25) is 20.0 Å². The van der Waals surface area contributed by atoms with E-state index < -0.39 is 0 Å². The van der Waals surface area contributed by atoms with Crippen molar-refractivity contribution in [1.82, 2.24) is 9.97 Å². The van der Waals surface area contributed by atoms with Gasteiger partial charge in [0.25, 0.3) is 0 Å². The van der Waals surface area contributed by atoms with Crippen molar-refractivity contribution in [1.29, 1.82) is 0 Å². The molecule has 0 saturated heterocycles. The number of amidine groups is 2. The summed E-state index contributed by atoms with van der Waals surface area (Å²) in [6, 6.07) is 60.4. The van der Waals surface area contributed by atoms with Crippen molar-refractivity contribution in [2.75, 3.05) is 15.1 Å². The molecule has 0 saturated carbocycles. The van der Waals surface area contributed by atoms with Crippen LogP contribution in [0.3, 0.4) is 0 Å². The van der Waals surface area contributed by atoms with E-state index in [2.05, 4.69) is 248 Å². The molecule has 1 radical (unpaired) electrons. The van der Waals surface area contributed by atoms with Crippen molar-refractivity contribution in [3.63, 3.8) is 0 Å². The number of hydrogen-bond donors (Lipinski definition) is 1. The van der Waals surface area contributed by atoms with E-state index in [1.165, 1.54) is 0 Å². The Morgan fingerprint density at radius 2 is 0.779 bits per heavy atom. The molecule has 2 aromatic heterocycles. The van der Waals surface area contributed by atoms with Gasteiger partial charge in [0.2, 0.25) is 0 Å². The van der Waals surface area contributed by atoms with Crippen molar-refractivity contribution in [2.24, 2.45) is 9.98 Å². The number of nitrogens with zero attached hydrogens (tertiary/aromatic N) is 6. The van der Waals surface area contributed by atoms with Crippen molar-refractivity contribution in [3.8, 4) is 44.5 Å². The molecule has 8 heteroatoms. The fourth-order valence-electron chi connectivity index (χ4n) is 9.92. The van der Waals surface area contributed by atoms with E-state index in [0.717, 1.165) is 101 Å². The van der Waals surface area contributed by atoms with Gasteiger partial charge in [0, 0.05) is 57.4 Å². The summed E-state index contributed by atoms with van der Waals surface area (Å²) in [7, 11) is 2.32. The van der Waals surface area contributed by atoms with Crippen molar-refractivity contribution in [2.45, 2.75) is 77.5 Å². The third-order valence-electron chi connectivity index (χ3n) is 15.1. The van der Waals surface area contributed by atoms with Gasteiger partial charge in [-0.15, -0.1) is 0 Å². The van der Waals surface area contributed by atoms with Gasteiger partial charge >= 0.3 is 0 Å². The van der Waals surface area contributed by atoms with Crippen LogP contribution in [0.1, 0.15) is 66.8 Å². The first-order valence-electron chi connectivity index (χ1n) is 23.6. The van der Waals surface area contributed by atoms with Gasteiger partial charge in [-0.25, -0.2) is 0 Å². The second-order valence-corrected chi connectivity index (χ2v) is 20.3. The molecule has 6 aromatic carbocycles. The molecule has 0 atom stereocenters. The Balaban J connectivity index is 0.953. The summed E-state index contributed by atoms with van der Waals surface area (Å²) >= 11 is 0. The minimum absolute atomic E-state index is 0.259. The Kier molecular flexibility index (Phi) is 10.2. The zero-order valence-electron chi connectivity index (χ0n) is 40.1. The van der Waals surface area contributed by atoms with Gasteiger partial charge in [-0.05, 0) is 138 Å². The molecule has 0 spiro atoms. The van der Waals surface area contributed by atoms with Gasteiger partial charge in [0.1, 0.15) is 11.4 Å². The first-order valence-corrected chi connectivity index (χ1v) is 23.6. The molecule has 333 valence electrons. The Morgan fingerprint density at radius 1 is 0.397 bits per heavy atom. The average Bonchev–Trinajstić information content (AvgIpc) is 3.67. The number of fused-ring (bicyclic) bond motifs is 6.